The van der Waals surface area contributed by atoms with Crippen molar-refractivity contribution in [3.05, 3.63) is 64.5 Å². The highest BCUT2D eigenvalue weighted by Gasteiger charge is 2.28. The number of halogens is 1. The Morgan fingerprint density at radius 1 is 1.16 bits per heavy atom. The highest BCUT2D eigenvalue weighted by atomic mass is 35.5. The van der Waals surface area contributed by atoms with Crippen LogP contribution in [0.3, 0.4) is 0 Å². The molecular formula is C25H29ClN4O2. The molecule has 0 spiro atoms. The maximum atomic E-state index is 13.1. The number of para-hydroxylation sites is 1. The third-order valence-electron chi connectivity index (χ3n) is 6.07. The van der Waals surface area contributed by atoms with Crippen molar-refractivity contribution in [3.63, 3.8) is 0 Å². The fraction of sp³-hybridized carbons (Fsp3) is 0.400. The van der Waals surface area contributed by atoms with Crippen LogP contribution in [-0.2, 0) is 24.2 Å². The summed E-state index contributed by atoms with van der Waals surface area (Å²) in [5.41, 5.74) is 4.11. The van der Waals surface area contributed by atoms with E-state index in [1.807, 2.05) is 18.2 Å². The number of anilines is 1. The van der Waals surface area contributed by atoms with Crippen LogP contribution in [-0.4, -0.2) is 34.0 Å². The van der Waals surface area contributed by atoms with Crippen LogP contribution in [0.15, 0.2) is 47.0 Å². The van der Waals surface area contributed by atoms with Crippen molar-refractivity contribution in [2.75, 3.05) is 18.4 Å². The topological polar surface area (TPSA) is 71.3 Å². The molecule has 7 heteroatoms. The van der Waals surface area contributed by atoms with E-state index in [-0.39, 0.29) is 11.8 Å². The van der Waals surface area contributed by atoms with E-state index in [0.717, 1.165) is 43.5 Å². The SMILES string of the molecule is CCc1cccc(CC)c1NC(=O)C1CCCN(Cc2nc(-c3ccccc3Cl)no2)C1. The minimum absolute atomic E-state index is 0.0654. The molecule has 0 saturated carbocycles. The number of piperidine rings is 1. The average Bonchev–Trinajstić information content (AvgIpc) is 3.27. The van der Waals surface area contributed by atoms with Crippen LogP contribution in [0.1, 0.15) is 43.7 Å². The van der Waals surface area contributed by atoms with Crippen LogP contribution < -0.4 is 5.32 Å². The summed E-state index contributed by atoms with van der Waals surface area (Å²) in [6, 6.07) is 13.7. The molecule has 32 heavy (non-hydrogen) atoms. The predicted molar refractivity (Wildman–Crippen MR) is 127 cm³/mol. The molecule has 4 rings (SSSR count). The smallest absolute Gasteiger partial charge is 0.241 e. The van der Waals surface area contributed by atoms with Crippen molar-refractivity contribution in [2.45, 2.75) is 46.1 Å². The first-order valence-electron chi connectivity index (χ1n) is 11.3. The van der Waals surface area contributed by atoms with E-state index < -0.39 is 0 Å². The second kappa shape index (κ2) is 10.3. The molecule has 168 valence electrons. The van der Waals surface area contributed by atoms with Gasteiger partial charge in [-0.25, -0.2) is 0 Å². The largest absolute Gasteiger partial charge is 0.338 e. The summed E-state index contributed by atoms with van der Waals surface area (Å²) in [5.74, 6) is 1.04. The normalized spacial score (nSPS) is 16.8. The van der Waals surface area contributed by atoms with Crippen LogP contribution in [0.4, 0.5) is 5.69 Å². The number of carbonyl (C=O) groups excluding carboxylic acids is 1. The molecule has 3 aromatic rings. The molecule has 1 N–H and O–H groups in total. The van der Waals surface area contributed by atoms with Gasteiger partial charge in [-0.1, -0.05) is 60.9 Å². The van der Waals surface area contributed by atoms with Crippen molar-refractivity contribution in [2.24, 2.45) is 5.92 Å². The number of likely N-dealkylation sites (tertiary alicyclic amines) is 1. The molecule has 2 heterocycles. The van der Waals surface area contributed by atoms with Gasteiger partial charge < -0.3 is 9.84 Å². The van der Waals surface area contributed by atoms with E-state index in [1.54, 1.807) is 6.07 Å². The summed E-state index contributed by atoms with van der Waals surface area (Å²) < 4.78 is 5.47. The van der Waals surface area contributed by atoms with Gasteiger partial charge in [0.1, 0.15) is 0 Å². The Bertz CT molecular complexity index is 1060. The minimum atomic E-state index is -0.0654. The fourth-order valence-electron chi connectivity index (χ4n) is 4.30. The Kier molecular flexibility index (Phi) is 7.22. The first-order chi connectivity index (χ1) is 15.6. The Hall–Kier alpha value is -2.70. The Labute approximate surface area is 194 Å². The summed E-state index contributed by atoms with van der Waals surface area (Å²) in [6.45, 7) is 6.33. The van der Waals surface area contributed by atoms with Gasteiger partial charge in [0.15, 0.2) is 0 Å². The van der Waals surface area contributed by atoms with E-state index in [2.05, 4.69) is 52.4 Å². The second-order valence-corrected chi connectivity index (χ2v) is 8.62. The van der Waals surface area contributed by atoms with Gasteiger partial charge in [-0.2, -0.15) is 4.98 Å². The van der Waals surface area contributed by atoms with Gasteiger partial charge in [-0.15, -0.1) is 0 Å². The predicted octanol–water partition coefficient (Wildman–Crippen LogP) is 5.37. The van der Waals surface area contributed by atoms with E-state index >= 15 is 0 Å². The molecule has 1 atom stereocenters. The van der Waals surface area contributed by atoms with Crippen molar-refractivity contribution >= 4 is 23.2 Å². The summed E-state index contributed by atoms with van der Waals surface area (Å²) in [4.78, 5) is 19.9. The molecule has 6 nitrogen and oxygen atoms in total. The van der Waals surface area contributed by atoms with E-state index in [4.69, 9.17) is 16.1 Å². The van der Waals surface area contributed by atoms with Gasteiger partial charge in [0.2, 0.25) is 17.6 Å². The number of hydrogen-bond acceptors (Lipinski definition) is 5. The van der Waals surface area contributed by atoms with Crippen LogP contribution in [0.2, 0.25) is 5.02 Å². The number of amides is 1. The zero-order valence-electron chi connectivity index (χ0n) is 18.6. The molecule has 2 aromatic carbocycles. The molecule has 1 amide bonds. The highest BCUT2D eigenvalue weighted by Crippen LogP contribution is 2.27. The van der Waals surface area contributed by atoms with Crippen LogP contribution in [0, 0.1) is 5.92 Å². The lowest BCUT2D eigenvalue weighted by atomic mass is 9.96. The fourth-order valence-corrected chi connectivity index (χ4v) is 4.52. The van der Waals surface area contributed by atoms with Crippen LogP contribution >= 0.6 is 11.6 Å². The zero-order valence-corrected chi connectivity index (χ0v) is 19.4. The molecular weight excluding hydrogens is 424 g/mol. The third kappa shape index (κ3) is 5.03. The third-order valence-corrected chi connectivity index (χ3v) is 6.39. The number of carbonyl (C=O) groups is 1. The standard InChI is InChI=1S/C25H29ClN4O2/c1-3-17-9-7-10-18(4-2)23(17)28-25(31)19-11-8-14-30(15-19)16-22-27-24(29-32-22)20-12-5-6-13-21(20)26/h5-7,9-10,12-13,19H,3-4,8,11,14-16H2,1-2H3,(H,28,31). The summed E-state index contributed by atoms with van der Waals surface area (Å²) in [5, 5.41) is 7.91. The Morgan fingerprint density at radius 3 is 2.62 bits per heavy atom. The van der Waals surface area contributed by atoms with Crippen LogP contribution in [0.25, 0.3) is 11.4 Å². The van der Waals surface area contributed by atoms with E-state index in [0.29, 0.717) is 29.8 Å². The van der Waals surface area contributed by atoms with E-state index in [1.165, 1.54) is 11.1 Å². The highest BCUT2D eigenvalue weighted by molar-refractivity contribution is 6.33. The van der Waals surface area contributed by atoms with Gasteiger partial charge in [0, 0.05) is 17.8 Å². The number of benzene rings is 2. The van der Waals surface area contributed by atoms with Gasteiger partial charge >= 0.3 is 0 Å². The minimum Gasteiger partial charge on any atom is -0.338 e. The molecule has 1 aliphatic heterocycles. The molecule has 1 saturated heterocycles. The van der Waals surface area contributed by atoms with Gasteiger partial charge in [-0.05, 0) is 55.5 Å². The second-order valence-electron chi connectivity index (χ2n) is 8.21. The number of aryl methyl sites for hydroxylation is 2. The van der Waals surface area contributed by atoms with Gasteiger partial charge in [0.05, 0.1) is 17.5 Å². The van der Waals surface area contributed by atoms with Crippen molar-refractivity contribution in [1.82, 2.24) is 15.0 Å². The first kappa shape index (κ1) is 22.5. The number of nitrogens with one attached hydrogen (secondary N) is 1. The van der Waals surface area contributed by atoms with Crippen LogP contribution in [0.5, 0.6) is 0 Å². The number of rotatable bonds is 7. The molecule has 1 aromatic heterocycles. The Morgan fingerprint density at radius 2 is 1.91 bits per heavy atom. The van der Waals surface area contributed by atoms with Crippen molar-refractivity contribution < 1.29 is 9.32 Å². The van der Waals surface area contributed by atoms with Gasteiger partial charge in [0.25, 0.3) is 0 Å². The lowest BCUT2D eigenvalue weighted by Crippen LogP contribution is -2.40. The molecule has 0 bridgehead atoms. The molecule has 0 radical (unpaired) electrons. The summed E-state index contributed by atoms with van der Waals surface area (Å²) >= 11 is 6.25. The molecule has 1 unspecified atom stereocenters. The average molecular weight is 453 g/mol. The Balaban J connectivity index is 1.41. The molecule has 0 aliphatic carbocycles. The monoisotopic (exact) mass is 452 g/mol. The van der Waals surface area contributed by atoms with E-state index in [9.17, 15) is 4.79 Å². The first-order valence-corrected chi connectivity index (χ1v) is 11.7. The lowest BCUT2D eigenvalue weighted by Gasteiger charge is -2.31. The number of nitrogens with zero attached hydrogens (tertiary/aromatic N) is 3. The summed E-state index contributed by atoms with van der Waals surface area (Å²) in [7, 11) is 0. The maximum Gasteiger partial charge on any atom is 0.241 e. The molecule has 1 aliphatic rings. The van der Waals surface area contributed by atoms with Crippen molar-refractivity contribution in [1.29, 1.82) is 0 Å². The summed E-state index contributed by atoms with van der Waals surface area (Å²) in [6.07, 6.45) is 3.63. The number of aromatic nitrogens is 2. The van der Waals surface area contributed by atoms with Crippen molar-refractivity contribution in [3.8, 4) is 11.4 Å². The lowest BCUT2D eigenvalue weighted by molar-refractivity contribution is -0.121. The number of hydrogen-bond donors (Lipinski definition) is 1. The molecule has 1 fully saturated rings. The zero-order chi connectivity index (χ0) is 22.5. The van der Waals surface area contributed by atoms with Gasteiger partial charge in [-0.3, -0.25) is 9.69 Å². The maximum absolute atomic E-state index is 13.1. The quantitative estimate of drug-likeness (QED) is 0.522.